The lowest BCUT2D eigenvalue weighted by Crippen LogP contribution is -2.29. The molecule has 0 unspecified atom stereocenters. The molecule has 2 amide bonds. The molecule has 1 aromatic carbocycles. The highest BCUT2D eigenvalue weighted by atomic mass is 19.4. The van der Waals surface area contributed by atoms with Crippen LogP contribution in [0, 0.1) is 5.92 Å². The summed E-state index contributed by atoms with van der Waals surface area (Å²) >= 11 is 0. The molecule has 3 aromatic rings. The quantitative estimate of drug-likeness (QED) is 0.263. The van der Waals surface area contributed by atoms with Crippen LogP contribution in [0.15, 0.2) is 22.7 Å². The third-order valence-corrected chi connectivity index (χ3v) is 7.39. The van der Waals surface area contributed by atoms with Gasteiger partial charge in [0.1, 0.15) is 11.4 Å². The Balaban J connectivity index is 1.68. The Labute approximate surface area is 227 Å². The third-order valence-electron chi connectivity index (χ3n) is 7.39. The second kappa shape index (κ2) is 11.2. The Morgan fingerprint density at radius 1 is 1.20 bits per heavy atom. The number of aromatic amines is 1. The number of hydrogen-bond acceptors (Lipinski definition) is 5. The minimum absolute atomic E-state index is 0.119. The number of carbonyl (C=O) groups excluding carboxylic acids is 2. The number of aromatic nitrogens is 3. The van der Waals surface area contributed by atoms with Gasteiger partial charge in [0.2, 0.25) is 11.8 Å². The maximum absolute atomic E-state index is 14.0. The zero-order chi connectivity index (χ0) is 29.4. The Morgan fingerprint density at radius 2 is 1.88 bits per heavy atom. The van der Waals surface area contributed by atoms with Crippen LogP contribution in [0.25, 0.3) is 11.0 Å². The summed E-state index contributed by atoms with van der Waals surface area (Å²) in [6.07, 6.45) is -6.62. The number of amides is 2. The summed E-state index contributed by atoms with van der Waals surface area (Å²) in [5, 5.41) is 6.64. The van der Waals surface area contributed by atoms with Crippen molar-refractivity contribution in [1.29, 1.82) is 0 Å². The number of nitrogens with two attached hydrogens (primary N) is 1. The van der Waals surface area contributed by atoms with Crippen molar-refractivity contribution in [1.82, 2.24) is 20.4 Å². The Hall–Kier alpha value is -3.51. The van der Waals surface area contributed by atoms with Crippen molar-refractivity contribution < 1.29 is 36.1 Å². The van der Waals surface area contributed by atoms with Crippen LogP contribution in [0.5, 0.6) is 0 Å². The number of fused-ring (bicyclic) bond motifs is 1. The van der Waals surface area contributed by atoms with Gasteiger partial charge in [-0.15, -0.1) is 0 Å². The highest BCUT2D eigenvalue weighted by molar-refractivity contribution is 5.95. The molecular weight excluding hydrogens is 537 g/mol. The minimum Gasteiger partial charge on any atom is -0.365 e. The topological polar surface area (TPSA) is 127 Å². The van der Waals surface area contributed by atoms with E-state index in [1.807, 2.05) is 13.8 Å². The van der Waals surface area contributed by atoms with Gasteiger partial charge in [-0.25, -0.2) is 13.8 Å². The first-order chi connectivity index (χ1) is 18.6. The minimum atomic E-state index is -4.43. The lowest BCUT2D eigenvalue weighted by molar-refractivity contribution is -0.144. The van der Waals surface area contributed by atoms with E-state index in [2.05, 4.69) is 20.4 Å². The van der Waals surface area contributed by atoms with E-state index in [1.54, 1.807) is 25.1 Å². The zero-order valence-corrected chi connectivity index (χ0v) is 22.4. The van der Waals surface area contributed by atoms with Gasteiger partial charge in [0.15, 0.2) is 5.76 Å². The highest BCUT2D eigenvalue weighted by Gasteiger charge is 2.42. The van der Waals surface area contributed by atoms with Crippen LogP contribution in [0.2, 0.25) is 0 Å². The summed E-state index contributed by atoms with van der Waals surface area (Å²) in [6.45, 7) is 5.31. The largest absolute Gasteiger partial charge is 0.389 e. The number of nitrogens with one attached hydrogen (secondary N) is 2. The molecule has 2 heterocycles. The number of H-pyrrole nitrogens is 1. The lowest BCUT2D eigenvalue weighted by atomic mass is 9.76. The Bertz CT molecular complexity index is 1370. The van der Waals surface area contributed by atoms with E-state index < -0.39 is 48.7 Å². The normalized spacial score (nSPS) is 17.7. The number of alkyl halides is 5. The molecule has 0 bridgehead atoms. The second-order valence-corrected chi connectivity index (χ2v) is 10.8. The lowest BCUT2D eigenvalue weighted by Gasteiger charge is -2.32. The first-order valence-corrected chi connectivity index (χ1v) is 13.2. The van der Waals surface area contributed by atoms with Crippen molar-refractivity contribution in [3.05, 3.63) is 46.6 Å². The molecule has 218 valence electrons. The van der Waals surface area contributed by atoms with Gasteiger partial charge in [0.05, 0.1) is 35.1 Å². The predicted octanol–water partition coefficient (Wildman–Crippen LogP) is 6.25. The molecule has 1 aliphatic carbocycles. The molecule has 2 aromatic heterocycles. The summed E-state index contributed by atoms with van der Waals surface area (Å²) in [6, 6.07) is 4.50. The van der Waals surface area contributed by atoms with Gasteiger partial charge in [-0.1, -0.05) is 25.1 Å². The molecule has 13 heteroatoms. The summed E-state index contributed by atoms with van der Waals surface area (Å²) in [5.41, 5.74) is 7.92. The molecule has 4 N–H and O–H groups in total. The van der Waals surface area contributed by atoms with E-state index in [-0.39, 0.29) is 48.8 Å². The first kappa shape index (κ1) is 29.5. The van der Waals surface area contributed by atoms with Gasteiger partial charge < -0.3 is 20.6 Å². The monoisotopic (exact) mass is 569 g/mol. The van der Waals surface area contributed by atoms with Crippen LogP contribution in [-0.4, -0.2) is 39.0 Å². The predicted molar refractivity (Wildman–Crippen MR) is 136 cm³/mol. The number of primary amides is 1. The SMILES string of the molecule is CC(C)c1noc([C@H](c2nc3ccc([C@@H](C)NC(=O)CCC(F)(F)F)cc3[nH]2)C2CCC(F)(F)CC2)c1C(N)=O. The first-order valence-electron chi connectivity index (χ1n) is 13.2. The molecule has 8 nitrogen and oxygen atoms in total. The third kappa shape index (κ3) is 6.61. The number of imidazole rings is 1. The number of carbonyl (C=O) groups is 2. The molecule has 0 aliphatic heterocycles. The van der Waals surface area contributed by atoms with E-state index in [0.29, 0.717) is 28.1 Å². The van der Waals surface area contributed by atoms with E-state index in [0.717, 1.165) is 0 Å². The molecule has 0 radical (unpaired) electrons. The van der Waals surface area contributed by atoms with E-state index in [4.69, 9.17) is 10.3 Å². The molecule has 1 aliphatic rings. The highest BCUT2D eigenvalue weighted by Crippen LogP contribution is 2.46. The van der Waals surface area contributed by atoms with Crippen LogP contribution in [0.3, 0.4) is 0 Å². The van der Waals surface area contributed by atoms with Crippen molar-refractivity contribution >= 4 is 22.8 Å². The molecule has 40 heavy (non-hydrogen) atoms. The van der Waals surface area contributed by atoms with Crippen LogP contribution >= 0.6 is 0 Å². The van der Waals surface area contributed by atoms with E-state index in [9.17, 15) is 31.5 Å². The Morgan fingerprint density at radius 3 is 2.48 bits per heavy atom. The fourth-order valence-corrected chi connectivity index (χ4v) is 5.24. The van der Waals surface area contributed by atoms with Crippen molar-refractivity contribution in [2.45, 2.75) is 89.3 Å². The van der Waals surface area contributed by atoms with Crippen molar-refractivity contribution in [3.8, 4) is 0 Å². The van der Waals surface area contributed by atoms with Gasteiger partial charge in [-0.2, -0.15) is 13.2 Å². The number of hydrogen-bond donors (Lipinski definition) is 3. The number of halogens is 5. The fraction of sp³-hybridized carbons (Fsp3) is 0.556. The van der Waals surface area contributed by atoms with Gasteiger partial charge >= 0.3 is 6.18 Å². The molecule has 0 spiro atoms. The standard InChI is InChI=1S/C27H32F5N5O3/c1-13(2)22-21(24(33)39)23(40-37-22)20(15-6-9-26(28,29)10-7-15)25-35-17-5-4-16(12-18(17)36-25)14(3)34-19(38)8-11-27(30,31)32/h4-5,12-15,20H,6-11H2,1-3H3,(H2,33,39)(H,34,38)(H,35,36)/t14-,20-/m1/s1. The van der Waals surface area contributed by atoms with Crippen molar-refractivity contribution in [2.75, 3.05) is 0 Å². The zero-order valence-electron chi connectivity index (χ0n) is 22.4. The molecule has 2 atom stereocenters. The fourth-order valence-electron chi connectivity index (χ4n) is 5.24. The average Bonchev–Trinajstić information content (AvgIpc) is 3.48. The average molecular weight is 570 g/mol. The summed E-state index contributed by atoms with van der Waals surface area (Å²) in [4.78, 5) is 32.4. The summed E-state index contributed by atoms with van der Waals surface area (Å²) < 4.78 is 71.1. The van der Waals surface area contributed by atoms with Crippen LogP contribution in [0.1, 0.15) is 110 Å². The van der Waals surface area contributed by atoms with Crippen LogP contribution < -0.4 is 11.1 Å². The van der Waals surface area contributed by atoms with Gasteiger partial charge in [0, 0.05) is 19.3 Å². The summed E-state index contributed by atoms with van der Waals surface area (Å²) in [7, 11) is 0. The number of rotatable bonds is 9. The van der Waals surface area contributed by atoms with Crippen molar-refractivity contribution in [3.63, 3.8) is 0 Å². The van der Waals surface area contributed by atoms with Crippen LogP contribution in [0.4, 0.5) is 22.0 Å². The molecule has 1 fully saturated rings. The molecule has 4 rings (SSSR count). The number of benzene rings is 1. The van der Waals surface area contributed by atoms with E-state index in [1.165, 1.54) is 0 Å². The maximum atomic E-state index is 14.0. The molecule has 0 saturated heterocycles. The van der Waals surface area contributed by atoms with Crippen LogP contribution in [-0.2, 0) is 4.79 Å². The van der Waals surface area contributed by atoms with Gasteiger partial charge in [0.25, 0.3) is 5.91 Å². The van der Waals surface area contributed by atoms with E-state index >= 15 is 0 Å². The summed E-state index contributed by atoms with van der Waals surface area (Å²) in [5.74, 6) is -4.89. The molecular formula is C27H32F5N5O3. The van der Waals surface area contributed by atoms with Crippen molar-refractivity contribution in [2.24, 2.45) is 11.7 Å². The maximum Gasteiger partial charge on any atom is 0.389 e. The molecule has 1 saturated carbocycles. The second-order valence-electron chi connectivity index (χ2n) is 10.8. The Kier molecular flexibility index (Phi) is 8.23. The smallest absolute Gasteiger partial charge is 0.365 e. The van der Waals surface area contributed by atoms with Gasteiger partial charge in [-0.05, 0) is 49.3 Å². The van der Waals surface area contributed by atoms with Gasteiger partial charge in [-0.3, -0.25) is 9.59 Å². The number of nitrogens with zero attached hydrogens (tertiary/aromatic N) is 2.